The van der Waals surface area contributed by atoms with Gasteiger partial charge in [-0.1, -0.05) is 18.1 Å². The Hall–Kier alpha value is -4.72. The van der Waals surface area contributed by atoms with E-state index in [1.807, 2.05) is 13.8 Å². The second-order valence-electron chi connectivity index (χ2n) is 8.22. The molecule has 2 aromatic carbocycles. The Morgan fingerprint density at radius 3 is 2.53 bits per heavy atom. The first kappa shape index (κ1) is 23.0. The van der Waals surface area contributed by atoms with Crippen molar-refractivity contribution in [1.29, 1.82) is 0 Å². The summed E-state index contributed by atoms with van der Waals surface area (Å²) in [5, 5.41) is 8.70. The summed E-state index contributed by atoms with van der Waals surface area (Å²) in [4.78, 5) is 17.0. The predicted octanol–water partition coefficient (Wildman–Crippen LogP) is 5.09. The van der Waals surface area contributed by atoms with E-state index in [4.69, 9.17) is 5.73 Å². The van der Waals surface area contributed by atoms with Crippen LogP contribution in [0.3, 0.4) is 0 Å². The molecule has 0 fully saturated rings. The number of nitrogens with one attached hydrogen (secondary N) is 1. The van der Waals surface area contributed by atoms with E-state index in [0.29, 0.717) is 39.0 Å². The number of para-hydroxylation sites is 1. The van der Waals surface area contributed by atoms with Crippen LogP contribution < -0.4 is 11.1 Å². The van der Waals surface area contributed by atoms with Crippen molar-refractivity contribution in [2.45, 2.75) is 26.1 Å². The van der Waals surface area contributed by atoms with Gasteiger partial charge in [-0.15, -0.1) is 0 Å². The van der Waals surface area contributed by atoms with Crippen LogP contribution in [0.25, 0.3) is 21.9 Å². The Kier molecular flexibility index (Phi) is 5.64. The molecular formula is C25H19F3N8. The van der Waals surface area contributed by atoms with Crippen LogP contribution in [0.15, 0.2) is 55.1 Å². The molecule has 36 heavy (non-hydrogen) atoms. The van der Waals surface area contributed by atoms with Crippen LogP contribution in [-0.4, -0.2) is 29.7 Å². The highest BCUT2D eigenvalue weighted by atomic mass is 19.4. The third-order valence-electron chi connectivity index (χ3n) is 5.44. The average molecular weight is 488 g/mol. The molecule has 0 spiro atoms. The molecule has 0 bridgehead atoms. The number of hydrogen-bond acceptors (Lipinski definition) is 7. The van der Waals surface area contributed by atoms with Crippen molar-refractivity contribution in [3.05, 3.63) is 71.9 Å². The molecule has 5 rings (SSSR count). The van der Waals surface area contributed by atoms with Crippen molar-refractivity contribution < 1.29 is 13.2 Å². The summed E-state index contributed by atoms with van der Waals surface area (Å²) < 4.78 is 41.1. The zero-order valence-electron chi connectivity index (χ0n) is 19.2. The van der Waals surface area contributed by atoms with Gasteiger partial charge in [0.2, 0.25) is 0 Å². The van der Waals surface area contributed by atoms with Crippen molar-refractivity contribution in [3.8, 4) is 11.8 Å². The van der Waals surface area contributed by atoms with Gasteiger partial charge < -0.3 is 11.1 Å². The van der Waals surface area contributed by atoms with Gasteiger partial charge in [0.15, 0.2) is 5.65 Å². The number of aromatic nitrogens is 6. The molecule has 3 heterocycles. The minimum atomic E-state index is -4.45. The van der Waals surface area contributed by atoms with E-state index in [1.54, 1.807) is 22.9 Å². The van der Waals surface area contributed by atoms with Gasteiger partial charge in [-0.3, -0.25) is 0 Å². The first-order chi connectivity index (χ1) is 17.2. The third-order valence-corrected chi connectivity index (χ3v) is 5.44. The van der Waals surface area contributed by atoms with Crippen molar-refractivity contribution >= 4 is 39.3 Å². The molecule has 0 unspecified atom stereocenters. The second-order valence-corrected chi connectivity index (χ2v) is 8.22. The fourth-order valence-corrected chi connectivity index (χ4v) is 3.77. The summed E-state index contributed by atoms with van der Waals surface area (Å²) in [7, 11) is 0. The quantitative estimate of drug-likeness (QED) is 0.341. The van der Waals surface area contributed by atoms with Gasteiger partial charge in [-0.2, -0.15) is 18.3 Å². The lowest BCUT2D eigenvalue weighted by Crippen LogP contribution is -2.05. The van der Waals surface area contributed by atoms with Gasteiger partial charge in [0.25, 0.3) is 0 Å². The summed E-state index contributed by atoms with van der Waals surface area (Å²) in [6.45, 7) is 3.95. The fraction of sp³-hybridized carbons (Fsp3) is 0.160. The molecule has 0 saturated heterocycles. The van der Waals surface area contributed by atoms with Crippen LogP contribution in [-0.2, 0) is 6.18 Å². The maximum atomic E-state index is 13.1. The van der Waals surface area contributed by atoms with Gasteiger partial charge in [-0.05, 0) is 50.1 Å². The lowest BCUT2D eigenvalue weighted by molar-refractivity contribution is -0.137. The minimum Gasteiger partial charge on any atom is -0.383 e. The Labute approximate surface area is 203 Å². The first-order valence-electron chi connectivity index (χ1n) is 10.9. The van der Waals surface area contributed by atoms with Gasteiger partial charge in [-0.25, -0.2) is 24.6 Å². The number of nitrogen functional groups attached to an aromatic ring is 1. The molecule has 0 saturated carbocycles. The Balaban J connectivity index is 1.56. The van der Waals surface area contributed by atoms with E-state index in [1.165, 1.54) is 24.8 Å². The summed E-state index contributed by atoms with van der Waals surface area (Å²) >= 11 is 0. The number of alkyl halides is 3. The number of anilines is 3. The number of rotatable bonds is 3. The van der Waals surface area contributed by atoms with Crippen LogP contribution >= 0.6 is 0 Å². The predicted molar refractivity (Wildman–Crippen MR) is 130 cm³/mol. The molecule has 8 nitrogen and oxygen atoms in total. The molecule has 0 atom stereocenters. The number of benzene rings is 2. The Morgan fingerprint density at radius 1 is 0.972 bits per heavy atom. The van der Waals surface area contributed by atoms with E-state index in [9.17, 15) is 13.2 Å². The maximum Gasteiger partial charge on any atom is 0.416 e. The highest BCUT2D eigenvalue weighted by Gasteiger charge is 2.30. The molecule has 3 N–H and O–H groups in total. The summed E-state index contributed by atoms with van der Waals surface area (Å²) in [6, 6.07) is 10.3. The molecule has 0 aliphatic rings. The number of fused-ring (bicyclic) bond motifs is 2. The Morgan fingerprint density at radius 2 is 1.75 bits per heavy atom. The molecule has 5 aromatic rings. The number of nitrogens with zero attached hydrogens (tertiary/aromatic N) is 6. The normalized spacial score (nSPS) is 11.6. The standard InChI is InChI=1S/C25H19F3N8/c1-14(2)36-24-20(22(29)31-13-33-24)19(35-36)10-9-15-5-3-8-18-21(15)30-12-32-23(18)34-17-7-4-6-16(11-17)25(26,27)28/h3-8,11-14H,1-2H3,(H2,29,31,33)(H,30,32,34). The smallest absolute Gasteiger partial charge is 0.383 e. The maximum absolute atomic E-state index is 13.1. The third kappa shape index (κ3) is 4.24. The number of hydrogen-bond donors (Lipinski definition) is 2. The van der Waals surface area contributed by atoms with E-state index < -0.39 is 11.7 Å². The SMILES string of the molecule is CC(C)n1nc(C#Cc2cccc3c(Nc4cccc(C(F)(F)F)c4)ncnc23)c2c(N)ncnc21. The van der Waals surface area contributed by atoms with Gasteiger partial charge >= 0.3 is 6.18 Å². The second kappa shape index (κ2) is 8.81. The van der Waals surface area contributed by atoms with E-state index in [2.05, 4.69) is 42.2 Å². The average Bonchev–Trinajstić information content (AvgIpc) is 3.23. The van der Waals surface area contributed by atoms with Gasteiger partial charge in [0.05, 0.1) is 22.0 Å². The molecular weight excluding hydrogens is 469 g/mol. The molecule has 180 valence electrons. The lowest BCUT2D eigenvalue weighted by atomic mass is 10.1. The number of nitrogens with two attached hydrogens (primary N) is 1. The number of halogens is 3. The highest BCUT2D eigenvalue weighted by molar-refractivity contribution is 5.95. The molecule has 11 heteroatoms. The molecule has 0 radical (unpaired) electrons. The topological polar surface area (TPSA) is 107 Å². The summed E-state index contributed by atoms with van der Waals surface area (Å²) in [6.07, 6.45) is -1.73. The molecule has 0 aliphatic carbocycles. The molecule has 3 aromatic heterocycles. The van der Waals surface area contributed by atoms with E-state index in [0.717, 1.165) is 12.1 Å². The van der Waals surface area contributed by atoms with E-state index >= 15 is 0 Å². The monoisotopic (exact) mass is 488 g/mol. The minimum absolute atomic E-state index is 0.0344. The van der Waals surface area contributed by atoms with Crippen LogP contribution in [0.5, 0.6) is 0 Å². The zero-order valence-corrected chi connectivity index (χ0v) is 19.2. The Bertz CT molecular complexity index is 1660. The van der Waals surface area contributed by atoms with Crippen molar-refractivity contribution in [2.75, 3.05) is 11.1 Å². The fourth-order valence-electron chi connectivity index (χ4n) is 3.77. The first-order valence-corrected chi connectivity index (χ1v) is 10.9. The summed E-state index contributed by atoms with van der Waals surface area (Å²) in [5.41, 5.74) is 7.73. The lowest BCUT2D eigenvalue weighted by Gasteiger charge is -2.11. The largest absolute Gasteiger partial charge is 0.416 e. The zero-order chi connectivity index (χ0) is 25.4. The van der Waals surface area contributed by atoms with Gasteiger partial charge in [0, 0.05) is 17.1 Å². The highest BCUT2D eigenvalue weighted by Crippen LogP contribution is 2.32. The van der Waals surface area contributed by atoms with E-state index in [-0.39, 0.29) is 17.5 Å². The van der Waals surface area contributed by atoms with Crippen LogP contribution in [0.4, 0.5) is 30.5 Å². The molecule has 0 amide bonds. The van der Waals surface area contributed by atoms with Crippen molar-refractivity contribution in [3.63, 3.8) is 0 Å². The molecule has 0 aliphatic heterocycles. The van der Waals surface area contributed by atoms with Crippen LogP contribution in [0, 0.1) is 11.8 Å². The van der Waals surface area contributed by atoms with Crippen molar-refractivity contribution in [2.24, 2.45) is 0 Å². The summed E-state index contributed by atoms with van der Waals surface area (Å²) in [5.74, 6) is 6.79. The van der Waals surface area contributed by atoms with Crippen LogP contribution in [0.2, 0.25) is 0 Å². The van der Waals surface area contributed by atoms with Gasteiger partial charge in [0.1, 0.15) is 30.0 Å². The van der Waals surface area contributed by atoms with Crippen LogP contribution in [0.1, 0.15) is 36.7 Å². The van der Waals surface area contributed by atoms with Crippen molar-refractivity contribution in [1.82, 2.24) is 29.7 Å².